The molecule has 1 amide bonds. The molecule has 1 aliphatic heterocycles. The molecule has 1 aliphatic rings. The van der Waals surface area contributed by atoms with E-state index in [1.54, 1.807) is 4.90 Å². The molecule has 1 fully saturated rings. The van der Waals surface area contributed by atoms with Crippen LogP contribution in [0.25, 0.3) is 0 Å². The molecule has 108 valence electrons. The third-order valence-electron chi connectivity index (χ3n) is 3.70. The van der Waals surface area contributed by atoms with Gasteiger partial charge < -0.3 is 4.90 Å². The van der Waals surface area contributed by atoms with Gasteiger partial charge in [-0.3, -0.25) is 14.9 Å². The molecule has 1 atom stereocenters. The van der Waals surface area contributed by atoms with Crippen LogP contribution in [0.4, 0.5) is 5.69 Å². The van der Waals surface area contributed by atoms with E-state index in [0.29, 0.717) is 19.0 Å². The number of carbonyl (C=O) groups is 1. The molecule has 0 aromatic heterocycles. The SMILES string of the molecule is CC1CCCN(C(=O)c2cc([N+](=O)[O-])ccc2Cl)CC1. The molecule has 0 bridgehead atoms. The summed E-state index contributed by atoms with van der Waals surface area (Å²) in [5.74, 6) is 0.390. The lowest BCUT2D eigenvalue weighted by molar-refractivity contribution is -0.384. The Morgan fingerprint density at radius 1 is 1.40 bits per heavy atom. The van der Waals surface area contributed by atoms with Gasteiger partial charge >= 0.3 is 0 Å². The molecule has 6 heteroatoms. The Bertz CT molecular complexity index is 533. The maximum Gasteiger partial charge on any atom is 0.270 e. The van der Waals surface area contributed by atoms with Crippen LogP contribution in [0.1, 0.15) is 36.5 Å². The molecule has 1 aromatic carbocycles. The molecule has 0 saturated carbocycles. The molecule has 20 heavy (non-hydrogen) atoms. The maximum absolute atomic E-state index is 12.5. The third-order valence-corrected chi connectivity index (χ3v) is 4.02. The van der Waals surface area contributed by atoms with Gasteiger partial charge in [-0.25, -0.2) is 0 Å². The zero-order valence-corrected chi connectivity index (χ0v) is 12.1. The Labute approximate surface area is 122 Å². The van der Waals surface area contributed by atoms with Crippen LogP contribution in [0, 0.1) is 16.0 Å². The largest absolute Gasteiger partial charge is 0.339 e. The van der Waals surface area contributed by atoms with Crippen LogP contribution in [-0.4, -0.2) is 28.8 Å². The smallest absolute Gasteiger partial charge is 0.270 e. The molecule has 2 rings (SSSR count). The van der Waals surface area contributed by atoms with Gasteiger partial charge in [-0.15, -0.1) is 0 Å². The highest BCUT2D eigenvalue weighted by atomic mass is 35.5. The number of amides is 1. The quantitative estimate of drug-likeness (QED) is 0.619. The van der Waals surface area contributed by atoms with Crippen molar-refractivity contribution in [3.05, 3.63) is 38.9 Å². The minimum atomic E-state index is -0.516. The minimum absolute atomic E-state index is 0.110. The van der Waals surface area contributed by atoms with E-state index in [9.17, 15) is 14.9 Å². The third kappa shape index (κ3) is 3.28. The zero-order valence-electron chi connectivity index (χ0n) is 11.3. The maximum atomic E-state index is 12.5. The number of non-ortho nitro benzene ring substituents is 1. The van der Waals surface area contributed by atoms with E-state index in [1.165, 1.54) is 18.2 Å². The first kappa shape index (κ1) is 14.8. The Morgan fingerprint density at radius 3 is 2.85 bits per heavy atom. The fourth-order valence-electron chi connectivity index (χ4n) is 2.43. The van der Waals surface area contributed by atoms with Gasteiger partial charge in [-0.05, 0) is 31.2 Å². The van der Waals surface area contributed by atoms with Crippen molar-refractivity contribution >= 4 is 23.2 Å². The van der Waals surface area contributed by atoms with Gasteiger partial charge in [0.1, 0.15) is 0 Å². The molecule has 0 aliphatic carbocycles. The lowest BCUT2D eigenvalue weighted by atomic mass is 10.0. The summed E-state index contributed by atoms with van der Waals surface area (Å²) < 4.78 is 0. The fraction of sp³-hybridized carbons (Fsp3) is 0.500. The monoisotopic (exact) mass is 296 g/mol. The summed E-state index contributed by atoms with van der Waals surface area (Å²) in [7, 11) is 0. The number of nitro benzene ring substituents is 1. The molecule has 0 spiro atoms. The predicted octanol–water partition coefficient (Wildman–Crippen LogP) is 3.51. The minimum Gasteiger partial charge on any atom is -0.339 e. The standard InChI is InChI=1S/C14H17ClN2O3/c1-10-3-2-7-16(8-6-10)14(18)12-9-11(17(19)20)4-5-13(12)15/h4-5,9-10H,2-3,6-8H2,1H3. The number of hydrogen-bond donors (Lipinski definition) is 0. The number of likely N-dealkylation sites (tertiary alicyclic amines) is 1. The average molecular weight is 297 g/mol. The topological polar surface area (TPSA) is 63.5 Å². The van der Waals surface area contributed by atoms with E-state index in [1.807, 2.05) is 0 Å². The van der Waals surface area contributed by atoms with Gasteiger partial charge in [0.15, 0.2) is 0 Å². The lowest BCUT2D eigenvalue weighted by Gasteiger charge is -2.21. The molecular formula is C14H17ClN2O3. The summed E-state index contributed by atoms with van der Waals surface area (Å²) in [5, 5.41) is 11.1. The van der Waals surface area contributed by atoms with Gasteiger partial charge in [-0.2, -0.15) is 0 Å². The van der Waals surface area contributed by atoms with Crippen molar-refractivity contribution in [3.63, 3.8) is 0 Å². The number of benzene rings is 1. The first-order valence-corrected chi connectivity index (χ1v) is 7.10. The van der Waals surface area contributed by atoms with E-state index in [-0.39, 0.29) is 22.2 Å². The summed E-state index contributed by atoms with van der Waals surface area (Å²) >= 11 is 6.01. The number of nitro groups is 1. The highest BCUT2D eigenvalue weighted by molar-refractivity contribution is 6.33. The first-order chi connectivity index (χ1) is 9.49. The second kappa shape index (κ2) is 6.22. The Kier molecular flexibility index (Phi) is 4.60. The summed E-state index contributed by atoms with van der Waals surface area (Å²) in [5.41, 5.74) is 0.108. The van der Waals surface area contributed by atoms with Gasteiger partial charge in [0.25, 0.3) is 11.6 Å². The van der Waals surface area contributed by atoms with Gasteiger partial charge in [0, 0.05) is 25.2 Å². The highest BCUT2D eigenvalue weighted by Gasteiger charge is 2.23. The Balaban J connectivity index is 2.23. The van der Waals surface area contributed by atoms with E-state index >= 15 is 0 Å². The van der Waals surface area contributed by atoms with E-state index < -0.39 is 4.92 Å². The zero-order chi connectivity index (χ0) is 14.7. The van der Waals surface area contributed by atoms with E-state index in [4.69, 9.17) is 11.6 Å². The number of carbonyl (C=O) groups excluding carboxylic acids is 1. The van der Waals surface area contributed by atoms with Crippen LogP contribution in [0.2, 0.25) is 5.02 Å². The normalized spacial score (nSPS) is 19.5. The number of halogens is 1. The average Bonchev–Trinajstić information content (AvgIpc) is 2.63. The molecule has 1 heterocycles. The van der Waals surface area contributed by atoms with Crippen molar-refractivity contribution in [2.24, 2.45) is 5.92 Å². The Hall–Kier alpha value is -1.62. The van der Waals surface area contributed by atoms with Gasteiger partial charge in [0.2, 0.25) is 0 Å². The molecule has 1 unspecified atom stereocenters. The van der Waals surface area contributed by atoms with Crippen molar-refractivity contribution in [1.82, 2.24) is 4.90 Å². The lowest BCUT2D eigenvalue weighted by Crippen LogP contribution is -2.32. The summed E-state index contributed by atoms with van der Waals surface area (Å²) in [6, 6.07) is 3.98. The number of hydrogen-bond acceptors (Lipinski definition) is 3. The van der Waals surface area contributed by atoms with Crippen LogP contribution >= 0.6 is 11.6 Å². The molecule has 5 nitrogen and oxygen atoms in total. The van der Waals surface area contributed by atoms with Crippen LogP contribution < -0.4 is 0 Å². The van der Waals surface area contributed by atoms with Crippen molar-refractivity contribution < 1.29 is 9.72 Å². The van der Waals surface area contributed by atoms with Crippen molar-refractivity contribution in [2.75, 3.05) is 13.1 Å². The van der Waals surface area contributed by atoms with Crippen LogP contribution in [0.3, 0.4) is 0 Å². The van der Waals surface area contributed by atoms with Crippen molar-refractivity contribution in [2.45, 2.75) is 26.2 Å². The van der Waals surface area contributed by atoms with E-state index in [0.717, 1.165) is 19.3 Å². The highest BCUT2D eigenvalue weighted by Crippen LogP contribution is 2.25. The second-order valence-corrected chi connectivity index (χ2v) is 5.66. The predicted molar refractivity (Wildman–Crippen MR) is 77.0 cm³/mol. The van der Waals surface area contributed by atoms with Crippen molar-refractivity contribution in [1.29, 1.82) is 0 Å². The molecule has 0 N–H and O–H groups in total. The fourth-order valence-corrected chi connectivity index (χ4v) is 2.63. The van der Waals surface area contributed by atoms with Gasteiger partial charge in [-0.1, -0.05) is 18.5 Å². The van der Waals surface area contributed by atoms with Gasteiger partial charge in [0.05, 0.1) is 15.5 Å². The van der Waals surface area contributed by atoms with E-state index in [2.05, 4.69) is 6.92 Å². The molecule has 1 saturated heterocycles. The van der Waals surface area contributed by atoms with Crippen LogP contribution in [-0.2, 0) is 0 Å². The molecular weight excluding hydrogens is 280 g/mol. The molecule has 1 aromatic rings. The van der Waals surface area contributed by atoms with Crippen molar-refractivity contribution in [3.8, 4) is 0 Å². The Morgan fingerprint density at radius 2 is 2.15 bits per heavy atom. The van der Waals surface area contributed by atoms with Crippen LogP contribution in [0.15, 0.2) is 18.2 Å². The number of nitrogens with zero attached hydrogens (tertiary/aromatic N) is 2. The number of rotatable bonds is 2. The second-order valence-electron chi connectivity index (χ2n) is 5.25. The summed E-state index contributed by atoms with van der Waals surface area (Å²) in [6.07, 6.45) is 3.02. The van der Waals surface area contributed by atoms with Crippen LogP contribution in [0.5, 0.6) is 0 Å². The summed E-state index contributed by atoms with van der Waals surface area (Å²) in [6.45, 7) is 3.54. The molecule has 0 radical (unpaired) electrons. The first-order valence-electron chi connectivity index (χ1n) is 6.72. The summed E-state index contributed by atoms with van der Waals surface area (Å²) in [4.78, 5) is 24.5.